The van der Waals surface area contributed by atoms with Crippen LogP contribution in [0.5, 0.6) is 5.75 Å². The van der Waals surface area contributed by atoms with Crippen molar-refractivity contribution in [1.29, 1.82) is 0 Å². The Morgan fingerprint density at radius 2 is 2.15 bits per heavy atom. The number of fused-ring (bicyclic) bond motifs is 1. The summed E-state index contributed by atoms with van der Waals surface area (Å²) in [6.07, 6.45) is 5.68. The fourth-order valence-corrected chi connectivity index (χ4v) is 4.06. The van der Waals surface area contributed by atoms with E-state index in [1.165, 1.54) is 0 Å². The van der Waals surface area contributed by atoms with E-state index in [9.17, 15) is 5.11 Å². The zero-order valence-corrected chi connectivity index (χ0v) is 16.0. The van der Waals surface area contributed by atoms with Gasteiger partial charge in [0.15, 0.2) is 0 Å². The SMILES string of the molecule is OCC1CCCN(c2cc(NC3CCCOc4cc(Cl)ccc43)ncn2)C1. The van der Waals surface area contributed by atoms with Crippen molar-refractivity contribution in [2.24, 2.45) is 5.92 Å². The van der Waals surface area contributed by atoms with Gasteiger partial charge in [-0.25, -0.2) is 9.97 Å². The first-order valence-corrected chi connectivity index (χ1v) is 9.97. The van der Waals surface area contributed by atoms with Crippen LogP contribution in [0.2, 0.25) is 5.02 Å². The summed E-state index contributed by atoms with van der Waals surface area (Å²) in [5, 5.41) is 13.7. The van der Waals surface area contributed by atoms with Crippen molar-refractivity contribution in [2.75, 3.05) is 36.5 Å². The quantitative estimate of drug-likeness (QED) is 0.832. The van der Waals surface area contributed by atoms with Crippen LogP contribution in [0.15, 0.2) is 30.6 Å². The third-order valence-electron chi connectivity index (χ3n) is 5.32. The van der Waals surface area contributed by atoms with Gasteiger partial charge in [-0.15, -0.1) is 0 Å². The van der Waals surface area contributed by atoms with Crippen molar-refractivity contribution >= 4 is 23.2 Å². The van der Waals surface area contributed by atoms with Gasteiger partial charge in [-0.3, -0.25) is 0 Å². The molecule has 1 aromatic carbocycles. The van der Waals surface area contributed by atoms with Crippen LogP contribution >= 0.6 is 11.6 Å². The van der Waals surface area contributed by atoms with Gasteiger partial charge < -0.3 is 20.1 Å². The van der Waals surface area contributed by atoms with Crippen LogP contribution < -0.4 is 15.0 Å². The molecule has 2 aliphatic heterocycles. The molecule has 3 heterocycles. The van der Waals surface area contributed by atoms with E-state index in [4.69, 9.17) is 16.3 Å². The number of anilines is 2. The average Bonchev–Trinajstić information content (AvgIpc) is 2.90. The van der Waals surface area contributed by atoms with Crippen LogP contribution in [0.25, 0.3) is 0 Å². The second kappa shape index (κ2) is 8.31. The predicted molar refractivity (Wildman–Crippen MR) is 107 cm³/mol. The first kappa shape index (κ1) is 18.3. The third kappa shape index (κ3) is 4.28. The van der Waals surface area contributed by atoms with E-state index in [0.717, 1.165) is 61.7 Å². The van der Waals surface area contributed by atoms with Gasteiger partial charge >= 0.3 is 0 Å². The van der Waals surface area contributed by atoms with Crippen molar-refractivity contribution in [3.63, 3.8) is 0 Å². The summed E-state index contributed by atoms with van der Waals surface area (Å²) in [7, 11) is 0. The molecule has 0 saturated carbocycles. The Bertz CT molecular complexity index is 788. The lowest BCUT2D eigenvalue weighted by atomic mass is 9.99. The maximum Gasteiger partial charge on any atom is 0.134 e. The topological polar surface area (TPSA) is 70.5 Å². The summed E-state index contributed by atoms with van der Waals surface area (Å²) in [5.74, 6) is 2.88. The zero-order chi connectivity index (χ0) is 18.6. The number of aliphatic hydroxyl groups is 1. The molecule has 0 aliphatic carbocycles. The highest BCUT2D eigenvalue weighted by Crippen LogP contribution is 2.35. The van der Waals surface area contributed by atoms with Crippen molar-refractivity contribution in [2.45, 2.75) is 31.7 Å². The number of piperidine rings is 1. The van der Waals surface area contributed by atoms with Crippen LogP contribution in [0.1, 0.15) is 37.3 Å². The third-order valence-corrected chi connectivity index (χ3v) is 5.56. The highest BCUT2D eigenvalue weighted by atomic mass is 35.5. The number of hydrogen-bond donors (Lipinski definition) is 2. The Balaban J connectivity index is 1.53. The van der Waals surface area contributed by atoms with E-state index in [2.05, 4.69) is 20.2 Å². The number of aromatic nitrogens is 2. The van der Waals surface area contributed by atoms with Crippen LogP contribution in [0.4, 0.5) is 11.6 Å². The largest absolute Gasteiger partial charge is 0.493 e. The molecule has 6 nitrogen and oxygen atoms in total. The lowest BCUT2D eigenvalue weighted by Gasteiger charge is -2.32. The Morgan fingerprint density at radius 3 is 3.04 bits per heavy atom. The molecule has 0 spiro atoms. The van der Waals surface area contributed by atoms with E-state index in [0.29, 0.717) is 17.5 Å². The van der Waals surface area contributed by atoms with Gasteiger partial charge in [0, 0.05) is 36.3 Å². The van der Waals surface area contributed by atoms with Crippen molar-refractivity contribution in [3.8, 4) is 5.75 Å². The van der Waals surface area contributed by atoms with Crippen molar-refractivity contribution < 1.29 is 9.84 Å². The maximum absolute atomic E-state index is 9.47. The molecule has 2 unspecified atom stereocenters. The summed E-state index contributed by atoms with van der Waals surface area (Å²) in [4.78, 5) is 11.1. The lowest BCUT2D eigenvalue weighted by Crippen LogP contribution is -2.37. The molecule has 0 radical (unpaired) electrons. The standard InChI is InChI=1S/C20H25ClN4O2/c21-15-5-6-16-17(4-2-8-27-18(16)9-15)24-19-10-20(23-13-22-19)25-7-1-3-14(11-25)12-26/h5-6,9-10,13-14,17,26H,1-4,7-8,11-12H2,(H,22,23,24). The molecular formula is C20H25ClN4O2. The number of hydrogen-bond acceptors (Lipinski definition) is 6. The van der Waals surface area contributed by atoms with E-state index in [-0.39, 0.29) is 12.6 Å². The molecule has 144 valence electrons. The lowest BCUT2D eigenvalue weighted by molar-refractivity contribution is 0.208. The number of aliphatic hydroxyl groups excluding tert-OH is 1. The number of rotatable bonds is 4. The molecule has 27 heavy (non-hydrogen) atoms. The van der Waals surface area contributed by atoms with E-state index in [1.54, 1.807) is 6.33 Å². The smallest absolute Gasteiger partial charge is 0.134 e. The van der Waals surface area contributed by atoms with Gasteiger partial charge in [-0.1, -0.05) is 17.7 Å². The molecule has 0 amide bonds. The molecule has 1 fully saturated rings. The minimum atomic E-state index is 0.120. The summed E-state index contributed by atoms with van der Waals surface area (Å²) in [6.45, 7) is 2.72. The van der Waals surface area contributed by atoms with Gasteiger partial charge in [0.2, 0.25) is 0 Å². The number of benzene rings is 1. The van der Waals surface area contributed by atoms with E-state index < -0.39 is 0 Å². The second-order valence-corrected chi connectivity index (χ2v) is 7.70. The molecule has 1 saturated heterocycles. The van der Waals surface area contributed by atoms with E-state index >= 15 is 0 Å². The first-order chi connectivity index (χ1) is 13.2. The fourth-order valence-electron chi connectivity index (χ4n) is 3.90. The van der Waals surface area contributed by atoms with Crippen LogP contribution in [0, 0.1) is 5.92 Å². The maximum atomic E-state index is 9.47. The average molecular weight is 389 g/mol. The second-order valence-electron chi connectivity index (χ2n) is 7.27. The number of halogens is 1. The van der Waals surface area contributed by atoms with Gasteiger partial charge in [0.05, 0.1) is 12.6 Å². The molecule has 4 rings (SSSR count). The summed E-state index contributed by atoms with van der Waals surface area (Å²) in [6, 6.07) is 7.93. The highest BCUT2D eigenvalue weighted by molar-refractivity contribution is 6.30. The molecule has 1 aromatic heterocycles. The van der Waals surface area contributed by atoms with Gasteiger partial charge in [0.1, 0.15) is 23.7 Å². The Morgan fingerprint density at radius 1 is 1.22 bits per heavy atom. The zero-order valence-electron chi connectivity index (χ0n) is 15.3. The normalized spacial score (nSPS) is 22.5. The Labute approximate surface area is 164 Å². The molecule has 2 aliphatic rings. The number of nitrogens with one attached hydrogen (secondary N) is 1. The Kier molecular flexibility index (Phi) is 5.64. The van der Waals surface area contributed by atoms with Gasteiger partial charge in [0.25, 0.3) is 0 Å². The van der Waals surface area contributed by atoms with Crippen molar-refractivity contribution in [3.05, 3.63) is 41.2 Å². The Hall–Kier alpha value is -2.05. The highest BCUT2D eigenvalue weighted by Gasteiger charge is 2.23. The minimum absolute atomic E-state index is 0.120. The number of ether oxygens (including phenoxy) is 1. The van der Waals surface area contributed by atoms with Gasteiger partial charge in [-0.05, 0) is 43.7 Å². The number of nitrogens with zero attached hydrogens (tertiary/aromatic N) is 3. The van der Waals surface area contributed by atoms with Crippen molar-refractivity contribution in [1.82, 2.24) is 9.97 Å². The molecule has 7 heteroatoms. The first-order valence-electron chi connectivity index (χ1n) is 9.59. The molecule has 2 atom stereocenters. The monoisotopic (exact) mass is 388 g/mol. The predicted octanol–water partition coefficient (Wildman–Crippen LogP) is 3.66. The minimum Gasteiger partial charge on any atom is -0.493 e. The van der Waals surface area contributed by atoms with Crippen LogP contribution in [-0.4, -0.2) is 41.4 Å². The van der Waals surface area contributed by atoms with Crippen LogP contribution in [-0.2, 0) is 0 Å². The molecule has 0 bridgehead atoms. The van der Waals surface area contributed by atoms with Gasteiger partial charge in [-0.2, -0.15) is 0 Å². The summed E-state index contributed by atoms with van der Waals surface area (Å²) < 4.78 is 5.85. The van der Waals surface area contributed by atoms with E-state index in [1.807, 2.05) is 24.3 Å². The summed E-state index contributed by atoms with van der Waals surface area (Å²) in [5.41, 5.74) is 1.11. The molecule has 2 aromatic rings. The van der Waals surface area contributed by atoms with Crippen LogP contribution in [0.3, 0.4) is 0 Å². The molecule has 2 N–H and O–H groups in total. The fraction of sp³-hybridized carbons (Fsp3) is 0.500. The molecular weight excluding hydrogens is 364 g/mol. The summed E-state index contributed by atoms with van der Waals surface area (Å²) >= 11 is 6.12.